The van der Waals surface area contributed by atoms with Crippen LogP contribution < -0.4 is 16.4 Å². The molecule has 148 valence electrons. The van der Waals surface area contributed by atoms with Crippen molar-refractivity contribution in [3.05, 3.63) is 29.6 Å². The summed E-state index contributed by atoms with van der Waals surface area (Å²) in [4.78, 5) is 4.41. The quantitative estimate of drug-likeness (QED) is 0.625. The summed E-state index contributed by atoms with van der Waals surface area (Å²) in [7, 11) is -3.38. The third-order valence-corrected chi connectivity index (χ3v) is 7.50. The lowest BCUT2D eigenvalue weighted by Crippen LogP contribution is -2.65. The van der Waals surface area contributed by atoms with Crippen molar-refractivity contribution >= 4 is 27.9 Å². The van der Waals surface area contributed by atoms with Gasteiger partial charge in [-0.05, 0) is 26.1 Å². The second kappa shape index (κ2) is 6.35. The summed E-state index contributed by atoms with van der Waals surface area (Å²) < 4.78 is 27.9. The minimum atomic E-state index is -3.38. The Morgan fingerprint density at radius 2 is 2.18 bits per heavy atom. The zero-order chi connectivity index (χ0) is 20.1. The Balaban J connectivity index is 1.69. The predicted octanol–water partition coefficient (Wildman–Crippen LogP) is -0.0863. The van der Waals surface area contributed by atoms with Gasteiger partial charge in [-0.25, -0.2) is 13.4 Å². The number of aromatic nitrogens is 2. The number of nitrogens with two attached hydrogens (primary N) is 1. The maximum atomic E-state index is 12.4. The van der Waals surface area contributed by atoms with Gasteiger partial charge in [0.25, 0.3) is 0 Å². The van der Waals surface area contributed by atoms with E-state index in [1.54, 1.807) is 31.1 Å². The van der Waals surface area contributed by atoms with Crippen LogP contribution in [0.15, 0.2) is 29.0 Å². The van der Waals surface area contributed by atoms with Crippen molar-refractivity contribution < 1.29 is 8.42 Å². The monoisotopic (exact) mass is 402 g/mol. The molecule has 1 aromatic heterocycles. The second-order valence-electron chi connectivity index (χ2n) is 7.46. The number of nitrogens with zero attached hydrogens (tertiary/aromatic N) is 5. The molecule has 0 bridgehead atoms. The summed E-state index contributed by atoms with van der Waals surface area (Å²) >= 11 is 0. The molecule has 3 aliphatic heterocycles. The molecule has 0 spiro atoms. The summed E-state index contributed by atoms with van der Waals surface area (Å²) in [5.41, 5.74) is 7.75. The first-order valence-corrected chi connectivity index (χ1v) is 10.5. The Hall–Kier alpha value is -2.84. The summed E-state index contributed by atoms with van der Waals surface area (Å²) in [6.45, 7) is 3.68. The van der Waals surface area contributed by atoms with Gasteiger partial charge in [-0.2, -0.15) is 14.7 Å². The van der Waals surface area contributed by atoms with E-state index >= 15 is 0 Å². The van der Waals surface area contributed by atoms with Crippen LogP contribution in [0.1, 0.15) is 25.8 Å². The maximum Gasteiger partial charge on any atom is 0.216 e. The third-order valence-electron chi connectivity index (χ3n) is 5.33. The van der Waals surface area contributed by atoms with Crippen molar-refractivity contribution in [2.24, 2.45) is 4.99 Å². The standard InChI is InChI=1S/C17H22N8O2S/c1-11(2)28(26,27)24-8-17(9-24,4-5-18)25-7-13(15(19)23-25)14-12-3-6-20-16(12)22-10-21-14/h3,6-7,10-11,16,20H,4,8-9H2,1-2H3,(H2,19,23)(H,21,22). The highest BCUT2D eigenvalue weighted by molar-refractivity contribution is 7.89. The van der Waals surface area contributed by atoms with Gasteiger partial charge < -0.3 is 16.4 Å². The van der Waals surface area contributed by atoms with Crippen molar-refractivity contribution in [2.75, 3.05) is 18.8 Å². The fourth-order valence-electron chi connectivity index (χ4n) is 3.64. The number of hydrogen-bond acceptors (Lipinski definition) is 8. The molecule has 1 unspecified atom stereocenters. The van der Waals surface area contributed by atoms with E-state index in [2.05, 4.69) is 26.8 Å². The van der Waals surface area contributed by atoms with Crippen molar-refractivity contribution in [3.63, 3.8) is 0 Å². The van der Waals surface area contributed by atoms with Crippen LogP contribution in [0.4, 0.5) is 5.82 Å². The summed E-state index contributed by atoms with van der Waals surface area (Å²) in [5.74, 6) is 0.295. The van der Waals surface area contributed by atoms with Gasteiger partial charge in [-0.15, -0.1) is 0 Å². The van der Waals surface area contributed by atoms with E-state index in [4.69, 9.17) is 5.73 Å². The number of nitriles is 1. The fourth-order valence-corrected chi connectivity index (χ4v) is 5.07. The summed E-state index contributed by atoms with van der Waals surface area (Å²) in [5, 5.41) is 19.5. The molecule has 3 aliphatic rings. The average molecular weight is 402 g/mol. The van der Waals surface area contributed by atoms with Gasteiger partial charge in [0.1, 0.15) is 11.7 Å². The molecule has 1 fully saturated rings. The number of nitrogens with one attached hydrogen (secondary N) is 2. The van der Waals surface area contributed by atoms with Crippen molar-refractivity contribution in [1.29, 1.82) is 5.26 Å². The number of sulfonamides is 1. The van der Waals surface area contributed by atoms with Gasteiger partial charge in [0.15, 0.2) is 5.82 Å². The van der Waals surface area contributed by atoms with Gasteiger partial charge in [-0.1, -0.05) is 0 Å². The zero-order valence-electron chi connectivity index (χ0n) is 15.6. The third kappa shape index (κ3) is 2.68. The van der Waals surface area contributed by atoms with Crippen molar-refractivity contribution in [1.82, 2.24) is 24.7 Å². The first kappa shape index (κ1) is 18.5. The molecule has 0 aliphatic carbocycles. The molecule has 0 radical (unpaired) electrons. The maximum absolute atomic E-state index is 12.4. The lowest BCUT2D eigenvalue weighted by Gasteiger charge is -2.48. The number of aliphatic imine (C=N–C) groups is 1. The topological polar surface area (TPSA) is 141 Å². The lowest BCUT2D eigenvalue weighted by atomic mass is 9.89. The van der Waals surface area contributed by atoms with E-state index in [-0.39, 0.29) is 25.7 Å². The zero-order valence-corrected chi connectivity index (χ0v) is 16.4. The molecule has 1 aromatic rings. The molecule has 1 atom stereocenters. The van der Waals surface area contributed by atoms with Gasteiger partial charge in [-0.3, -0.25) is 4.68 Å². The minimum absolute atomic E-state index is 0.0707. The first-order chi connectivity index (χ1) is 13.3. The number of fused-ring (bicyclic) bond motifs is 1. The number of anilines is 1. The van der Waals surface area contributed by atoms with Crippen LogP contribution in [0.2, 0.25) is 0 Å². The van der Waals surface area contributed by atoms with Crippen LogP contribution in [0.3, 0.4) is 0 Å². The Labute approximate surface area is 163 Å². The molecule has 10 nitrogen and oxygen atoms in total. The Kier molecular flexibility index (Phi) is 4.20. The van der Waals surface area contributed by atoms with E-state index in [9.17, 15) is 13.7 Å². The van der Waals surface area contributed by atoms with Crippen molar-refractivity contribution in [2.45, 2.75) is 37.2 Å². The van der Waals surface area contributed by atoms with E-state index < -0.39 is 20.8 Å². The molecule has 0 amide bonds. The van der Waals surface area contributed by atoms with Crippen LogP contribution in [-0.2, 0) is 15.6 Å². The molecule has 0 aromatic carbocycles. The van der Waals surface area contributed by atoms with E-state index in [0.29, 0.717) is 17.1 Å². The fraction of sp³-hybridized carbons (Fsp3) is 0.471. The number of rotatable bonds is 5. The van der Waals surface area contributed by atoms with Crippen LogP contribution >= 0.6 is 0 Å². The van der Waals surface area contributed by atoms with Gasteiger partial charge in [0, 0.05) is 24.9 Å². The van der Waals surface area contributed by atoms with E-state index in [1.807, 2.05) is 12.3 Å². The number of hydrogen-bond donors (Lipinski definition) is 3. The van der Waals surface area contributed by atoms with Crippen LogP contribution in [0, 0.1) is 11.3 Å². The normalized spacial score (nSPS) is 23.1. The highest BCUT2D eigenvalue weighted by atomic mass is 32.2. The summed E-state index contributed by atoms with van der Waals surface area (Å²) in [6, 6.07) is 2.16. The van der Waals surface area contributed by atoms with E-state index in [0.717, 1.165) is 5.57 Å². The molecule has 4 rings (SSSR count). The Morgan fingerprint density at radius 1 is 1.43 bits per heavy atom. The molecule has 4 N–H and O–H groups in total. The molecular formula is C17H22N8O2S. The molecule has 0 saturated carbocycles. The lowest BCUT2D eigenvalue weighted by molar-refractivity contribution is 0.0713. The minimum Gasteiger partial charge on any atom is -0.382 e. The van der Waals surface area contributed by atoms with Crippen molar-refractivity contribution in [3.8, 4) is 6.07 Å². The van der Waals surface area contributed by atoms with E-state index in [1.165, 1.54) is 4.31 Å². The van der Waals surface area contributed by atoms with Crippen LogP contribution in [0.25, 0.3) is 5.70 Å². The second-order valence-corrected chi connectivity index (χ2v) is 9.94. The molecule has 11 heteroatoms. The summed E-state index contributed by atoms with van der Waals surface area (Å²) in [6.07, 6.45) is 7.19. The first-order valence-electron chi connectivity index (χ1n) is 8.96. The van der Waals surface area contributed by atoms with Gasteiger partial charge in [0.2, 0.25) is 10.0 Å². The molecule has 4 heterocycles. The van der Waals surface area contributed by atoms with Crippen LogP contribution in [-0.4, -0.2) is 53.3 Å². The van der Waals surface area contributed by atoms with Crippen LogP contribution in [0.5, 0.6) is 0 Å². The van der Waals surface area contributed by atoms with Gasteiger partial charge in [0.05, 0.1) is 35.3 Å². The smallest absolute Gasteiger partial charge is 0.216 e. The molecular weight excluding hydrogens is 380 g/mol. The predicted molar refractivity (Wildman–Crippen MR) is 105 cm³/mol. The highest BCUT2D eigenvalue weighted by Gasteiger charge is 2.51. The molecule has 28 heavy (non-hydrogen) atoms. The largest absolute Gasteiger partial charge is 0.382 e. The molecule has 1 saturated heterocycles. The van der Waals surface area contributed by atoms with Gasteiger partial charge >= 0.3 is 0 Å². The SMILES string of the molecule is CC(C)S(=O)(=O)N1CC(CC#N)(n2cc(C3=C4C=CNC4NC=N3)c(N)n2)C1. The Morgan fingerprint density at radius 3 is 2.86 bits per heavy atom. The highest BCUT2D eigenvalue weighted by Crippen LogP contribution is 2.38. The average Bonchev–Trinajstić information content (AvgIpc) is 3.23. The Bertz CT molecular complexity index is 1040. The number of nitrogen functional groups attached to an aromatic ring is 1.